The number of imidazole rings is 1. The molecule has 0 aliphatic carbocycles. The first-order chi connectivity index (χ1) is 21.9. The van der Waals surface area contributed by atoms with Gasteiger partial charge < -0.3 is 9.47 Å². The molecule has 45 heavy (non-hydrogen) atoms. The lowest BCUT2D eigenvalue weighted by molar-refractivity contribution is -0.497. The highest BCUT2D eigenvalue weighted by molar-refractivity contribution is 6.04. The van der Waals surface area contributed by atoms with Gasteiger partial charge in [-0.1, -0.05) is 67.3 Å². The fourth-order valence-electron chi connectivity index (χ4n) is 4.78. The van der Waals surface area contributed by atoms with Gasteiger partial charge in [-0.05, 0) is 65.6 Å². The fourth-order valence-corrected chi connectivity index (χ4v) is 4.78. The lowest BCUT2D eigenvalue weighted by Gasteiger charge is -2.13. The monoisotopic (exact) mass is 609 g/mol. The Hall–Kier alpha value is -5.47. The maximum Gasteiger partial charge on any atom is 0.345 e. The number of aromatic amines is 1. The summed E-state index contributed by atoms with van der Waals surface area (Å²) in [5.74, 6) is 0.215. The van der Waals surface area contributed by atoms with E-state index in [9.17, 15) is 4.79 Å². The van der Waals surface area contributed by atoms with Crippen molar-refractivity contribution in [2.24, 2.45) is 0 Å². The van der Waals surface area contributed by atoms with Gasteiger partial charge in [-0.3, -0.25) is 15.0 Å². The molecule has 0 saturated heterocycles. The molecule has 5 rings (SSSR count). The van der Waals surface area contributed by atoms with Crippen LogP contribution in [-0.2, 0) is 18.0 Å². The molecule has 3 aromatic carbocycles. The lowest BCUT2D eigenvalue weighted by Crippen LogP contribution is -2.14. The van der Waals surface area contributed by atoms with Crippen molar-refractivity contribution in [3.05, 3.63) is 120 Å². The first-order valence-corrected chi connectivity index (χ1v) is 14.0. The number of hydrogen-bond acceptors (Lipinski definition) is 11. The van der Waals surface area contributed by atoms with E-state index in [0.29, 0.717) is 52.9 Å². The van der Waals surface area contributed by atoms with Gasteiger partial charge in [-0.25, -0.2) is 9.63 Å². The number of nitrogens with zero attached hydrogens (tertiary/aromatic N) is 6. The molecule has 230 valence electrons. The van der Waals surface area contributed by atoms with Gasteiger partial charge in [-0.15, -0.1) is 10.2 Å². The zero-order valence-corrected chi connectivity index (χ0v) is 24.6. The van der Waals surface area contributed by atoms with Crippen molar-refractivity contribution in [3.63, 3.8) is 0 Å². The second kappa shape index (κ2) is 14.3. The van der Waals surface area contributed by atoms with Gasteiger partial charge in [0.2, 0.25) is 5.82 Å². The van der Waals surface area contributed by atoms with Crippen LogP contribution in [0.2, 0.25) is 0 Å². The number of allylic oxidation sites excluding steroid dienone is 5. The zero-order valence-electron chi connectivity index (χ0n) is 24.6. The second-order valence-electron chi connectivity index (χ2n) is 9.60. The topological polar surface area (TPSA) is 161 Å². The van der Waals surface area contributed by atoms with Gasteiger partial charge >= 0.3 is 5.97 Å². The van der Waals surface area contributed by atoms with Crippen molar-refractivity contribution in [2.45, 2.75) is 27.0 Å². The lowest BCUT2D eigenvalue weighted by atomic mass is 9.95. The van der Waals surface area contributed by atoms with Crippen molar-refractivity contribution >= 4 is 28.1 Å². The molecule has 13 nitrogen and oxygen atoms in total. The second-order valence-corrected chi connectivity index (χ2v) is 9.60. The number of benzene rings is 3. The number of H-pyrrole nitrogens is 1. The summed E-state index contributed by atoms with van der Waals surface area (Å²) >= 11 is 0. The molecule has 2 heterocycles. The average Bonchev–Trinajstić information content (AvgIpc) is 3.70. The highest BCUT2D eigenvalue weighted by Crippen LogP contribution is 2.31. The van der Waals surface area contributed by atoms with Gasteiger partial charge in [0.15, 0.2) is 0 Å². The fraction of sp³-hybridized carbons (Fsp3) is 0.156. The van der Waals surface area contributed by atoms with Crippen LogP contribution in [0.3, 0.4) is 0 Å². The minimum absolute atomic E-state index is 0.0813. The van der Waals surface area contributed by atoms with Gasteiger partial charge in [0.1, 0.15) is 5.75 Å². The minimum Gasteiger partial charge on any atom is -0.465 e. The Bertz CT molecular complexity index is 1830. The maximum atomic E-state index is 13.4. The van der Waals surface area contributed by atoms with E-state index in [1.807, 2.05) is 60.9 Å². The number of carbonyl (C=O) groups excluding carboxylic acids is 1. The van der Waals surface area contributed by atoms with Gasteiger partial charge in [-0.2, -0.15) is 10.2 Å². The van der Waals surface area contributed by atoms with Gasteiger partial charge in [0.25, 0.3) is 6.01 Å². The summed E-state index contributed by atoms with van der Waals surface area (Å²) in [6, 6.07) is 20.1. The number of hydrogen-bond donors (Lipinski definition) is 3. The molecule has 0 aliphatic rings. The van der Waals surface area contributed by atoms with Crippen LogP contribution in [0.5, 0.6) is 11.8 Å². The first kappa shape index (κ1) is 31.0. The number of fused-ring (bicyclic) bond motifs is 1. The number of ether oxygens (including phenoxy) is 2. The Morgan fingerprint density at radius 1 is 1.04 bits per heavy atom. The summed E-state index contributed by atoms with van der Waals surface area (Å²) in [6.45, 7) is 8.32. The Kier molecular flexibility index (Phi) is 9.87. The van der Waals surface area contributed by atoms with E-state index in [4.69, 9.17) is 19.9 Å². The number of rotatable bonds is 13. The summed E-state index contributed by atoms with van der Waals surface area (Å²) in [6.07, 6.45) is 5.53. The van der Waals surface area contributed by atoms with Gasteiger partial charge in [0.05, 0.1) is 41.7 Å². The molecule has 0 radical (unpaired) electrons. The van der Waals surface area contributed by atoms with Crippen molar-refractivity contribution in [2.75, 3.05) is 6.61 Å². The van der Waals surface area contributed by atoms with Crippen LogP contribution < -0.4 is 9.47 Å². The van der Waals surface area contributed by atoms with E-state index in [1.165, 1.54) is 0 Å². The highest BCUT2D eigenvalue weighted by Gasteiger charge is 2.21. The number of nitrogens with one attached hydrogen (secondary N) is 1. The third kappa shape index (κ3) is 7.20. The summed E-state index contributed by atoms with van der Waals surface area (Å²) in [4.78, 5) is 22.7. The quantitative estimate of drug-likeness (QED) is 0.0678. The van der Waals surface area contributed by atoms with E-state index >= 15 is 0 Å². The molecule has 0 aliphatic heterocycles. The molecule has 3 N–H and O–H groups in total. The van der Waals surface area contributed by atoms with Crippen LogP contribution in [-0.4, -0.2) is 58.6 Å². The molecule has 0 atom stereocenters. The maximum absolute atomic E-state index is 13.4. The molecule has 2 aromatic heterocycles. The van der Waals surface area contributed by atoms with Crippen molar-refractivity contribution in [3.8, 4) is 11.8 Å². The Morgan fingerprint density at radius 3 is 2.44 bits per heavy atom. The van der Waals surface area contributed by atoms with Crippen LogP contribution in [0, 0.1) is 0 Å². The third-order valence-corrected chi connectivity index (χ3v) is 6.76. The van der Waals surface area contributed by atoms with E-state index in [0.717, 1.165) is 22.3 Å². The van der Waals surface area contributed by atoms with Crippen LogP contribution in [0.4, 0.5) is 0 Å². The molecule has 13 heteroatoms. The summed E-state index contributed by atoms with van der Waals surface area (Å²) in [5, 5.41) is 31.5. The van der Waals surface area contributed by atoms with Crippen molar-refractivity contribution in [1.29, 1.82) is 0 Å². The van der Waals surface area contributed by atoms with Crippen molar-refractivity contribution in [1.82, 2.24) is 35.6 Å². The average molecular weight is 610 g/mol. The normalized spacial score (nSPS) is 12.1. The molecule has 0 unspecified atom stereocenters. The van der Waals surface area contributed by atoms with E-state index < -0.39 is 5.97 Å². The number of aromatic nitrogens is 6. The number of para-hydroxylation sites is 1. The molecule has 0 amide bonds. The van der Waals surface area contributed by atoms with E-state index in [2.05, 4.69) is 37.0 Å². The standard InChI is InChI=1S/C32H31N7O6/c1-4-8-26(25(5-2)30-34-36-37-35-30)23-15-11-21(12-16-23)19-38-29-27(9-7-10-28(29)33-32(38)43-6-3)31(40)45-24-17-13-22(14-18-24)20-44-39(41)42/h4-5,7-18,41-42H,1,6,19-20H2,2-3H3,(H,34,35,36,37)/b25-5+,26-8-. The Balaban J connectivity index is 1.43. The molecule has 0 fully saturated rings. The zero-order chi connectivity index (χ0) is 31.8. The van der Waals surface area contributed by atoms with Crippen molar-refractivity contribution < 1.29 is 29.5 Å². The number of esters is 1. The summed E-state index contributed by atoms with van der Waals surface area (Å²) in [7, 11) is 0. The smallest absolute Gasteiger partial charge is 0.345 e. The minimum atomic E-state index is -0.569. The predicted octanol–water partition coefficient (Wildman–Crippen LogP) is 5.40. The largest absolute Gasteiger partial charge is 0.465 e. The molecular weight excluding hydrogens is 578 g/mol. The van der Waals surface area contributed by atoms with Crippen LogP contribution >= 0.6 is 0 Å². The SMILES string of the molecule is C=C/C=C(\C(=C/C)c1nn[nH]n1)c1ccc(Cn2c(OCC)nc3cccc(C(=O)Oc4ccc(CON(O)O)cc4)c32)cc1. The first-order valence-electron chi connectivity index (χ1n) is 14.0. The van der Waals surface area contributed by atoms with E-state index in [-0.39, 0.29) is 12.0 Å². The molecule has 0 saturated carbocycles. The van der Waals surface area contributed by atoms with Crippen LogP contribution in [0.25, 0.3) is 22.2 Å². The summed E-state index contributed by atoms with van der Waals surface area (Å²) < 4.78 is 13.4. The molecule has 0 bridgehead atoms. The molecule has 5 aromatic rings. The van der Waals surface area contributed by atoms with Gasteiger partial charge in [0, 0.05) is 5.57 Å². The molecule has 0 spiro atoms. The predicted molar refractivity (Wildman–Crippen MR) is 164 cm³/mol. The summed E-state index contributed by atoms with van der Waals surface area (Å²) in [5.41, 5.74) is 5.70. The third-order valence-electron chi connectivity index (χ3n) is 6.76. The Morgan fingerprint density at radius 2 is 1.80 bits per heavy atom. The molecular formula is C32H31N7O6. The highest BCUT2D eigenvalue weighted by atomic mass is 17.1. The van der Waals surface area contributed by atoms with Crippen LogP contribution in [0.15, 0.2) is 91.5 Å². The number of tetrazole rings is 1. The van der Waals surface area contributed by atoms with Crippen LogP contribution in [0.1, 0.15) is 46.7 Å². The Labute approximate surface area is 258 Å². The number of carbonyl (C=O) groups is 1. The van der Waals surface area contributed by atoms with E-state index in [1.54, 1.807) is 42.5 Å².